The number of aromatic nitrogens is 1. The molecule has 7 heteroatoms. The minimum Gasteiger partial charge on any atom is -0.484 e. The van der Waals surface area contributed by atoms with Gasteiger partial charge in [-0.1, -0.05) is 43.7 Å². The molecule has 0 spiro atoms. The summed E-state index contributed by atoms with van der Waals surface area (Å²) in [5.74, 6) is 1.28. The highest BCUT2D eigenvalue weighted by Gasteiger charge is 2.12. The summed E-state index contributed by atoms with van der Waals surface area (Å²) in [7, 11) is 0. The van der Waals surface area contributed by atoms with Gasteiger partial charge in [-0.3, -0.25) is 10.1 Å². The third-order valence-electron chi connectivity index (χ3n) is 5.60. The lowest BCUT2D eigenvalue weighted by atomic mass is 9.98. The first-order valence-electron chi connectivity index (χ1n) is 11.2. The fourth-order valence-corrected chi connectivity index (χ4v) is 3.68. The molecule has 0 fully saturated rings. The van der Waals surface area contributed by atoms with Gasteiger partial charge in [-0.25, -0.2) is 4.98 Å². The van der Waals surface area contributed by atoms with E-state index in [0.29, 0.717) is 23.2 Å². The Balaban J connectivity index is 1.38. The molecule has 4 aromatic rings. The summed E-state index contributed by atoms with van der Waals surface area (Å²) in [5, 5.41) is 5.84. The van der Waals surface area contributed by atoms with E-state index in [1.807, 2.05) is 61.5 Å². The molecule has 2 N–H and O–H groups in total. The van der Waals surface area contributed by atoms with Crippen LogP contribution < -0.4 is 15.4 Å². The molecule has 0 saturated heterocycles. The molecule has 1 atom stereocenters. The summed E-state index contributed by atoms with van der Waals surface area (Å²) >= 11 is 5.29. The van der Waals surface area contributed by atoms with E-state index in [-0.39, 0.29) is 17.6 Å². The Morgan fingerprint density at radius 3 is 2.68 bits per heavy atom. The fourth-order valence-electron chi connectivity index (χ4n) is 3.45. The Morgan fingerprint density at radius 2 is 1.91 bits per heavy atom. The number of anilines is 1. The van der Waals surface area contributed by atoms with E-state index in [0.717, 1.165) is 28.6 Å². The van der Waals surface area contributed by atoms with Crippen molar-refractivity contribution in [3.63, 3.8) is 0 Å². The summed E-state index contributed by atoms with van der Waals surface area (Å²) in [5.41, 5.74) is 5.48. The Hall–Kier alpha value is -3.71. The largest absolute Gasteiger partial charge is 0.484 e. The van der Waals surface area contributed by atoms with E-state index < -0.39 is 0 Å². The first kappa shape index (κ1) is 23.4. The van der Waals surface area contributed by atoms with Crippen LogP contribution in [0.1, 0.15) is 37.3 Å². The van der Waals surface area contributed by atoms with Crippen molar-refractivity contribution >= 4 is 40.0 Å². The molecule has 0 aliphatic carbocycles. The molecule has 3 aromatic carbocycles. The van der Waals surface area contributed by atoms with Gasteiger partial charge >= 0.3 is 0 Å². The van der Waals surface area contributed by atoms with Gasteiger partial charge in [0.2, 0.25) is 5.89 Å². The molecule has 0 aliphatic heterocycles. The highest BCUT2D eigenvalue weighted by molar-refractivity contribution is 7.80. The number of benzene rings is 3. The standard InChI is InChI=1S/C27H27N3O3S/c1-4-18(3)19-10-13-24-23(15-19)29-26(33-24)20-6-5-7-21(14-20)28-27(34)30-25(31)16-32-22-11-8-17(2)9-12-22/h5-15,18H,4,16H2,1-3H3,(H2,28,30,31,34)/t18-/m0/s1. The normalized spacial score (nSPS) is 11.7. The molecule has 1 aromatic heterocycles. The Kier molecular flexibility index (Phi) is 7.23. The van der Waals surface area contributed by atoms with Gasteiger partial charge < -0.3 is 14.5 Å². The third kappa shape index (κ3) is 5.80. The van der Waals surface area contributed by atoms with E-state index in [2.05, 4.69) is 41.6 Å². The van der Waals surface area contributed by atoms with Crippen molar-refractivity contribution in [2.24, 2.45) is 0 Å². The van der Waals surface area contributed by atoms with Crippen LogP contribution in [0, 0.1) is 6.92 Å². The average molecular weight is 474 g/mol. The summed E-state index contributed by atoms with van der Waals surface area (Å²) in [6.07, 6.45) is 1.07. The third-order valence-corrected chi connectivity index (χ3v) is 5.81. The molecule has 0 aliphatic rings. The second-order valence-corrected chi connectivity index (χ2v) is 8.65. The van der Waals surface area contributed by atoms with Crippen LogP contribution in [-0.4, -0.2) is 22.6 Å². The zero-order valence-electron chi connectivity index (χ0n) is 19.4. The van der Waals surface area contributed by atoms with Gasteiger partial charge in [0.15, 0.2) is 17.3 Å². The molecule has 1 heterocycles. The number of amides is 1. The van der Waals surface area contributed by atoms with Crippen molar-refractivity contribution in [3.8, 4) is 17.2 Å². The fraction of sp³-hybridized carbons (Fsp3) is 0.222. The highest BCUT2D eigenvalue weighted by Crippen LogP contribution is 2.29. The van der Waals surface area contributed by atoms with Crippen LogP contribution in [0.25, 0.3) is 22.6 Å². The molecular weight excluding hydrogens is 446 g/mol. The van der Waals surface area contributed by atoms with Gasteiger partial charge in [0.05, 0.1) is 0 Å². The van der Waals surface area contributed by atoms with E-state index in [1.54, 1.807) is 0 Å². The van der Waals surface area contributed by atoms with Gasteiger partial charge in [0.25, 0.3) is 5.91 Å². The number of carbonyl (C=O) groups excluding carboxylic acids is 1. The predicted octanol–water partition coefficient (Wildman–Crippen LogP) is 6.21. The van der Waals surface area contributed by atoms with Gasteiger partial charge in [0, 0.05) is 11.3 Å². The maximum absolute atomic E-state index is 12.2. The number of oxazole rings is 1. The number of hydrogen-bond acceptors (Lipinski definition) is 5. The van der Waals surface area contributed by atoms with Gasteiger partial charge in [-0.2, -0.15) is 0 Å². The minimum atomic E-state index is -0.342. The molecule has 174 valence electrons. The maximum Gasteiger partial charge on any atom is 0.264 e. The van der Waals surface area contributed by atoms with Crippen molar-refractivity contribution in [2.45, 2.75) is 33.1 Å². The SMILES string of the molecule is CC[C@H](C)c1ccc2oc(-c3cccc(NC(=S)NC(=O)COc4ccc(C)cc4)c3)nc2c1. The summed E-state index contributed by atoms with van der Waals surface area (Å²) in [6, 6.07) is 21.2. The number of fused-ring (bicyclic) bond motifs is 1. The smallest absolute Gasteiger partial charge is 0.264 e. The molecule has 34 heavy (non-hydrogen) atoms. The summed E-state index contributed by atoms with van der Waals surface area (Å²) < 4.78 is 11.5. The van der Waals surface area contributed by atoms with E-state index in [1.165, 1.54) is 5.56 Å². The Bertz CT molecular complexity index is 1310. The number of aryl methyl sites for hydroxylation is 1. The lowest BCUT2D eigenvalue weighted by Gasteiger charge is -2.11. The van der Waals surface area contributed by atoms with Crippen LogP contribution in [0.15, 0.2) is 71.1 Å². The van der Waals surface area contributed by atoms with Gasteiger partial charge in [-0.05, 0) is 79.5 Å². The van der Waals surface area contributed by atoms with Crippen LogP contribution in [0.4, 0.5) is 5.69 Å². The molecule has 0 saturated carbocycles. The molecule has 0 unspecified atom stereocenters. The predicted molar refractivity (Wildman–Crippen MR) is 139 cm³/mol. The van der Waals surface area contributed by atoms with Crippen molar-refractivity contribution in [2.75, 3.05) is 11.9 Å². The Morgan fingerprint density at radius 1 is 1.12 bits per heavy atom. The van der Waals surface area contributed by atoms with Crippen molar-refractivity contribution in [1.82, 2.24) is 10.3 Å². The zero-order valence-corrected chi connectivity index (χ0v) is 20.2. The van der Waals surface area contributed by atoms with Crippen LogP contribution in [0.2, 0.25) is 0 Å². The lowest BCUT2D eigenvalue weighted by molar-refractivity contribution is -0.121. The quantitative estimate of drug-likeness (QED) is 0.311. The lowest BCUT2D eigenvalue weighted by Crippen LogP contribution is -2.37. The molecule has 0 bridgehead atoms. The average Bonchev–Trinajstić information content (AvgIpc) is 3.27. The van der Waals surface area contributed by atoms with Crippen LogP contribution in [-0.2, 0) is 4.79 Å². The molecule has 4 rings (SSSR count). The number of rotatable bonds is 7. The van der Waals surface area contributed by atoms with Crippen molar-refractivity contribution in [1.29, 1.82) is 0 Å². The summed E-state index contributed by atoms with van der Waals surface area (Å²) in [4.78, 5) is 16.9. The van der Waals surface area contributed by atoms with Gasteiger partial charge in [0.1, 0.15) is 11.3 Å². The van der Waals surface area contributed by atoms with Crippen LogP contribution in [0.3, 0.4) is 0 Å². The number of hydrogen-bond donors (Lipinski definition) is 2. The van der Waals surface area contributed by atoms with Crippen LogP contribution >= 0.6 is 12.2 Å². The number of ether oxygens (including phenoxy) is 1. The second kappa shape index (κ2) is 10.5. The van der Waals surface area contributed by atoms with Crippen molar-refractivity contribution in [3.05, 3.63) is 77.9 Å². The van der Waals surface area contributed by atoms with E-state index in [4.69, 9.17) is 21.4 Å². The monoisotopic (exact) mass is 473 g/mol. The van der Waals surface area contributed by atoms with Crippen molar-refractivity contribution < 1.29 is 13.9 Å². The number of thiocarbonyl (C=S) groups is 1. The molecular formula is C27H27N3O3S. The van der Waals surface area contributed by atoms with Gasteiger partial charge in [-0.15, -0.1) is 0 Å². The number of carbonyl (C=O) groups is 1. The Labute approximate surface area is 204 Å². The maximum atomic E-state index is 12.2. The minimum absolute atomic E-state index is 0.132. The second-order valence-electron chi connectivity index (χ2n) is 8.24. The number of nitrogens with one attached hydrogen (secondary N) is 2. The molecule has 0 radical (unpaired) electrons. The first-order valence-corrected chi connectivity index (χ1v) is 11.6. The first-order chi connectivity index (χ1) is 16.4. The zero-order chi connectivity index (χ0) is 24.1. The summed E-state index contributed by atoms with van der Waals surface area (Å²) in [6.45, 7) is 6.23. The highest BCUT2D eigenvalue weighted by atomic mass is 32.1. The molecule has 1 amide bonds. The number of nitrogens with zero attached hydrogens (tertiary/aromatic N) is 1. The topological polar surface area (TPSA) is 76.4 Å². The van der Waals surface area contributed by atoms with Crippen LogP contribution in [0.5, 0.6) is 5.75 Å². The van der Waals surface area contributed by atoms with E-state index >= 15 is 0 Å². The van der Waals surface area contributed by atoms with E-state index in [9.17, 15) is 4.79 Å². The molecule has 6 nitrogen and oxygen atoms in total.